The second-order valence-corrected chi connectivity index (χ2v) is 9.78. The van der Waals surface area contributed by atoms with Crippen molar-refractivity contribution in [2.75, 3.05) is 0 Å². The van der Waals surface area contributed by atoms with E-state index < -0.39 is 17.2 Å². The predicted molar refractivity (Wildman–Crippen MR) is 92.3 cm³/mol. The first-order valence-corrected chi connectivity index (χ1v) is 9.96. The van der Waals surface area contributed by atoms with Gasteiger partial charge in [0.25, 0.3) is 0 Å². The lowest BCUT2D eigenvalue weighted by atomic mass is 9.44. The van der Waals surface area contributed by atoms with E-state index in [2.05, 4.69) is 6.92 Å². The van der Waals surface area contributed by atoms with Gasteiger partial charge in [-0.15, -0.1) is 0 Å². The van der Waals surface area contributed by atoms with Crippen LogP contribution < -0.4 is 0 Å². The van der Waals surface area contributed by atoms with E-state index in [9.17, 15) is 23.1 Å². The van der Waals surface area contributed by atoms with Crippen molar-refractivity contribution in [2.24, 2.45) is 34.5 Å². The molecular formula is C21H29F3O2. The first-order chi connectivity index (χ1) is 11.9. The number of ketones is 1. The highest BCUT2D eigenvalue weighted by molar-refractivity contribution is 5.91. The van der Waals surface area contributed by atoms with Crippen molar-refractivity contribution in [3.63, 3.8) is 0 Å². The molecule has 3 fully saturated rings. The van der Waals surface area contributed by atoms with Gasteiger partial charge in [0.1, 0.15) is 0 Å². The Bertz CT molecular complexity index is 669. The van der Waals surface area contributed by atoms with Crippen LogP contribution in [0.5, 0.6) is 0 Å². The van der Waals surface area contributed by atoms with Crippen LogP contribution in [0.2, 0.25) is 0 Å². The first-order valence-electron chi connectivity index (χ1n) is 9.96. The molecule has 0 bridgehead atoms. The number of carbonyl (C=O) groups excluding carboxylic acids is 1. The number of fused-ring (bicyclic) bond motifs is 5. The van der Waals surface area contributed by atoms with E-state index in [4.69, 9.17) is 0 Å². The molecule has 0 radical (unpaired) electrons. The maximum Gasteiger partial charge on any atom is 0.417 e. The average molecular weight is 370 g/mol. The maximum absolute atomic E-state index is 13.7. The van der Waals surface area contributed by atoms with Crippen molar-refractivity contribution in [2.45, 2.75) is 77.5 Å². The van der Waals surface area contributed by atoms with Gasteiger partial charge in [0.15, 0.2) is 11.4 Å². The standard InChI is InChI=1S/C21H29F3O2/c1-12-10-14(25)11-13-4-5-15-16-7-9-20(26,21(22,23)24)18(16,2)8-6-17(15)19(12,13)3/h10,13,15-17,26H,4-9,11H2,1-3H3/t13-,15?,16?,17?,18+,19+,20+/m1/s1. The summed E-state index contributed by atoms with van der Waals surface area (Å²) >= 11 is 0. The Morgan fingerprint density at radius 2 is 1.73 bits per heavy atom. The lowest BCUT2D eigenvalue weighted by Crippen LogP contribution is -2.60. The molecule has 0 aromatic carbocycles. The summed E-state index contributed by atoms with van der Waals surface area (Å²) in [6.45, 7) is 5.94. The highest BCUT2D eigenvalue weighted by Gasteiger charge is 2.72. The normalized spacial score (nSPS) is 51.3. The highest BCUT2D eigenvalue weighted by Crippen LogP contribution is 2.70. The monoisotopic (exact) mass is 370 g/mol. The number of aliphatic hydroxyl groups is 1. The van der Waals surface area contributed by atoms with Gasteiger partial charge in [0.05, 0.1) is 0 Å². The fraction of sp³-hybridized carbons (Fsp3) is 0.857. The average Bonchev–Trinajstić information content (AvgIpc) is 2.82. The van der Waals surface area contributed by atoms with Crippen molar-refractivity contribution in [3.05, 3.63) is 11.6 Å². The van der Waals surface area contributed by atoms with Crippen LogP contribution >= 0.6 is 0 Å². The van der Waals surface area contributed by atoms with Crippen LogP contribution in [0, 0.1) is 34.5 Å². The van der Waals surface area contributed by atoms with Gasteiger partial charge in [-0.1, -0.05) is 19.4 Å². The van der Waals surface area contributed by atoms with Crippen LogP contribution in [0.25, 0.3) is 0 Å². The second-order valence-electron chi connectivity index (χ2n) is 9.78. The molecule has 0 spiro atoms. The molecule has 3 unspecified atom stereocenters. The molecule has 0 heterocycles. The van der Waals surface area contributed by atoms with Crippen LogP contribution in [0.15, 0.2) is 11.6 Å². The number of alkyl halides is 3. The zero-order valence-corrected chi connectivity index (χ0v) is 15.8. The Morgan fingerprint density at radius 1 is 1.08 bits per heavy atom. The summed E-state index contributed by atoms with van der Waals surface area (Å²) in [5, 5.41) is 10.7. The molecule has 2 nitrogen and oxygen atoms in total. The molecule has 4 aliphatic carbocycles. The minimum atomic E-state index is -4.57. The Labute approximate surface area is 153 Å². The number of hydrogen-bond donors (Lipinski definition) is 1. The minimum Gasteiger partial charge on any atom is -0.380 e. The van der Waals surface area contributed by atoms with Gasteiger partial charge in [-0.05, 0) is 80.6 Å². The number of hydrogen-bond acceptors (Lipinski definition) is 2. The summed E-state index contributed by atoms with van der Waals surface area (Å²) in [6, 6.07) is 0. The lowest BCUT2D eigenvalue weighted by Gasteiger charge is -2.61. The van der Waals surface area contributed by atoms with Crippen molar-refractivity contribution in [3.8, 4) is 0 Å². The summed E-state index contributed by atoms with van der Waals surface area (Å²) in [6.07, 6.45) is 0.979. The van der Waals surface area contributed by atoms with Crippen LogP contribution in [0.3, 0.4) is 0 Å². The molecule has 0 saturated heterocycles. The molecule has 4 rings (SSSR count). The van der Waals surface area contributed by atoms with E-state index >= 15 is 0 Å². The Hall–Kier alpha value is -0.840. The van der Waals surface area contributed by atoms with Crippen LogP contribution in [-0.4, -0.2) is 22.7 Å². The molecule has 0 aliphatic heterocycles. The lowest BCUT2D eigenvalue weighted by molar-refractivity contribution is -0.303. The quantitative estimate of drug-likeness (QED) is 0.647. The fourth-order valence-electron chi connectivity index (χ4n) is 7.54. The van der Waals surface area contributed by atoms with Crippen LogP contribution in [0.1, 0.15) is 65.7 Å². The third kappa shape index (κ3) is 2.07. The SMILES string of the molecule is CC1=CC(=O)C[C@H]2CCC3C4CC[C@@](O)(C(F)(F)F)[C@@]4(C)CCC3[C@@]12C. The summed E-state index contributed by atoms with van der Waals surface area (Å²) < 4.78 is 41.2. The molecule has 5 heteroatoms. The fourth-order valence-corrected chi connectivity index (χ4v) is 7.54. The topological polar surface area (TPSA) is 37.3 Å². The Kier molecular flexibility index (Phi) is 3.82. The van der Waals surface area contributed by atoms with Gasteiger partial charge in [-0.3, -0.25) is 4.79 Å². The van der Waals surface area contributed by atoms with E-state index in [0.29, 0.717) is 37.5 Å². The Balaban J connectivity index is 1.72. The molecule has 1 N–H and O–H groups in total. The predicted octanol–water partition coefficient (Wildman–Crippen LogP) is 5.06. The van der Waals surface area contributed by atoms with Crippen LogP contribution in [0.4, 0.5) is 13.2 Å². The van der Waals surface area contributed by atoms with Gasteiger partial charge in [-0.2, -0.15) is 13.2 Å². The molecule has 7 atom stereocenters. The van der Waals surface area contributed by atoms with Gasteiger partial charge in [-0.25, -0.2) is 0 Å². The van der Waals surface area contributed by atoms with Crippen molar-refractivity contribution in [1.29, 1.82) is 0 Å². The van der Waals surface area contributed by atoms with Gasteiger partial charge < -0.3 is 5.11 Å². The third-order valence-electron chi connectivity index (χ3n) is 9.20. The van der Waals surface area contributed by atoms with Crippen molar-refractivity contribution >= 4 is 5.78 Å². The molecule has 0 aromatic heterocycles. The van der Waals surface area contributed by atoms with E-state index in [1.165, 1.54) is 0 Å². The molecule has 26 heavy (non-hydrogen) atoms. The van der Waals surface area contributed by atoms with E-state index in [1.54, 1.807) is 13.0 Å². The number of rotatable bonds is 0. The summed E-state index contributed by atoms with van der Waals surface area (Å²) in [5.74, 6) is 0.947. The smallest absolute Gasteiger partial charge is 0.380 e. The van der Waals surface area contributed by atoms with Gasteiger partial charge in [0, 0.05) is 11.8 Å². The van der Waals surface area contributed by atoms with Gasteiger partial charge in [0.2, 0.25) is 0 Å². The zero-order valence-electron chi connectivity index (χ0n) is 15.8. The first kappa shape index (κ1) is 18.5. The van der Waals surface area contributed by atoms with E-state index in [0.717, 1.165) is 18.4 Å². The second kappa shape index (κ2) is 5.36. The summed E-state index contributed by atoms with van der Waals surface area (Å²) in [4.78, 5) is 12.0. The van der Waals surface area contributed by atoms with E-state index in [1.807, 2.05) is 6.92 Å². The van der Waals surface area contributed by atoms with Crippen molar-refractivity contribution < 1.29 is 23.1 Å². The molecule has 4 aliphatic rings. The number of allylic oxidation sites excluding steroid dienone is 2. The third-order valence-corrected chi connectivity index (χ3v) is 9.20. The molecular weight excluding hydrogens is 341 g/mol. The van der Waals surface area contributed by atoms with E-state index in [-0.39, 0.29) is 29.5 Å². The zero-order chi connectivity index (χ0) is 19.1. The van der Waals surface area contributed by atoms with Gasteiger partial charge >= 0.3 is 6.18 Å². The molecule has 146 valence electrons. The molecule has 0 aromatic rings. The summed E-state index contributed by atoms with van der Waals surface area (Å²) in [7, 11) is 0. The molecule has 0 amide bonds. The largest absolute Gasteiger partial charge is 0.417 e. The summed E-state index contributed by atoms with van der Waals surface area (Å²) in [5.41, 5.74) is -2.61. The number of carbonyl (C=O) groups is 1. The molecule has 3 saturated carbocycles. The highest BCUT2D eigenvalue weighted by atomic mass is 19.4. The minimum absolute atomic E-state index is 0.0862. The Morgan fingerprint density at radius 3 is 2.38 bits per heavy atom. The van der Waals surface area contributed by atoms with Crippen molar-refractivity contribution in [1.82, 2.24) is 0 Å². The number of halogens is 3. The maximum atomic E-state index is 13.7. The van der Waals surface area contributed by atoms with Crippen LogP contribution in [-0.2, 0) is 4.79 Å².